The molecule has 0 aliphatic heterocycles. The zero-order chi connectivity index (χ0) is 14.9. The fourth-order valence-electron chi connectivity index (χ4n) is 2.59. The molecule has 2 rings (SSSR count). The van der Waals surface area contributed by atoms with Crippen LogP contribution in [-0.4, -0.2) is 13.2 Å². The van der Waals surface area contributed by atoms with E-state index in [2.05, 4.69) is 62.4 Å². The van der Waals surface area contributed by atoms with Crippen LogP contribution < -0.4 is 0 Å². The van der Waals surface area contributed by atoms with Gasteiger partial charge in [-0.05, 0) is 50.7 Å². The molecule has 0 atom stereocenters. The molecular formula is C20H26O. The minimum absolute atomic E-state index is 0.863. The van der Waals surface area contributed by atoms with Gasteiger partial charge >= 0.3 is 0 Å². The summed E-state index contributed by atoms with van der Waals surface area (Å²) >= 11 is 0. The van der Waals surface area contributed by atoms with Crippen molar-refractivity contribution in [1.29, 1.82) is 0 Å². The third-order valence-corrected chi connectivity index (χ3v) is 3.67. The van der Waals surface area contributed by atoms with E-state index in [1.807, 2.05) is 0 Å². The second kappa shape index (κ2) is 8.63. The fraction of sp³-hybridized carbons (Fsp3) is 0.400. The Hall–Kier alpha value is -1.60. The molecule has 21 heavy (non-hydrogen) atoms. The molecule has 0 fully saturated rings. The summed E-state index contributed by atoms with van der Waals surface area (Å²) in [6, 6.07) is 17.5. The van der Waals surface area contributed by atoms with Crippen molar-refractivity contribution in [2.24, 2.45) is 0 Å². The van der Waals surface area contributed by atoms with E-state index in [-0.39, 0.29) is 0 Å². The van der Waals surface area contributed by atoms with E-state index in [4.69, 9.17) is 4.74 Å². The summed E-state index contributed by atoms with van der Waals surface area (Å²) in [5.41, 5.74) is 5.51. The van der Waals surface area contributed by atoms with Crippen LogP contribution in [0, 0.1) is 13.8 Å². The first-order chi connectivity index (χ1) is 10.2. The topological polar surface area (TPSA) is 9.23 Å². The van der Waals surface area contributed by atoms with Gasteiger partial charge in [-0.3, -0.25) is 0 Å². The molecule has 1 nitrogen and oxygen atoms in total. The number of benzene rings is 2. The molecule has 0 radical (unpaired) electrons. The first-order valence-corrected chi connectivity index (χ1v) is 7.93. The van der Waals surface area contributed by atoms with E-state index in [1.165, 1.54) is 22.3 Å². The SMILES string of the molecule is Cc1cccc(CCCOCCCc2cccc(C)c2)c1. The van der Waals surface area contributed by atoms with Crippen LogP contribution in [-0.2, 0) is 17.6 Å². The highest BCUT2D eigenvalue weighted by molar-refractivity contribution is 5.22. The van der Waals surface area contributed by atoms with Crippen molar-refractivity contribution in [2.45, 2.75) is 39.5 Å². The van der Waals surface area contributed by atoms with Crippen molar-refractivity contribution >= 4 is 0 Å². The Kier molecular flexibility index (Phi) is 6.49. The molecule has 0 amide bonds. The molecule has 0 unspecified atom stereocenters. The molecule has 0 N–H and O–H groups in total. The van der Waals surface area contributed by atoms with Gasteiger partial charge in [0.1, 0.15) is 0 Å². The average Bonchev–Trinajstić information content (AvgIpc) is 2.46. The monoisotopic (exact) mass is 282 g/mol. The Labute approximate surface area is 129 Å². The van der Waals surface area contributed by atoms with E-state index in [0.717, 1.165) is 38.9 Å². The second-order valence-electron chi connectivity index (χ2n) is 5.80. The van der Waals surface area contributed by atoms with Crippen molar-refractivity contribution in [1.82, 2.24) is 0 Å². The van der Waals surface area contributed by atoms with Crippen molar-refractivity contribution in [2.75, 3.05) is 13.2 Å². The van der Waals surface area contributed by atoms with Crippen molar-refractivity contribution in [3.63, 3.8) is 0 Å². The number of hydrogen-bond donors (Lipinski definition) is 0. The van der Waals surface area contributed by atoms with Gasteiger partial charge in [-0.2, -0.15) is 0 Å². The molecule has 0 spiro atoms. The maximum atomic E-state index is 5.74. The van der Waals surface area contributed by atoms with Crippen LogP contribution in [0.5, 0.6) is 0 Å². The summed E-state index contributed by atoms with van der Waals surface area (Å²) in [5.74, 6) is 0. The second-order valence-corrected chi connectivity index (χ2v) is 5.80. The minimum Gasteiger partial charge on any atom is -0.381 e. The summed E-state index contributed by atoms with van der Waals surface area (Å²) in [6.45, 7) is 6.01. The van der Waals surface area contributed by atoms with E-state index in [9.17, 15) is 0 Å². The maximum Gasteiger partial charge on any atom is 0.0469 e. The predicted molar refractivity (Wildman–Crippen MR) is 89.8 cm³/mol. The Balaban J connectivity index is 1.54. The largest absolute Gasteiger partial charge is 0.381 e. The Morgan fingerprint density at radius 2 is 1.19 bits per heavy atom. The Morgan fingerprint density at radius 1 is 0.714 bits per heavy atom. The van der Waals surface area contributed by atoms with Crippen LogP contribution in [0.25, 0.3) is 0 Å². The molecule has 0 aromatic heterocycles. The predicted octanol–water partition coefficient (Wildman–Crippen LogP) is 4.89. The molecule has 2 aromatic carbocycles. The maximum absolute atomic E-state index is 5.74. The van der Waals surface area contributed by atoms with Gasteiger partial charge in [-0.25, -0.2) is 0 Å². The van der Waals surface area contributed by atoms with Gasteiger partial charge < -0.3 is 4.74 Å². The number of aryl methyl sites for hydroxylation is 4. The van der Waals surface area contributed by atoms with Gasteiger partial charge in [0.25, 0.3) is 0 Å². The molecule has 0 aliphatic rings. The lowest BCUT2D eigenvalue weighted by molar-refractivity contribution is 0.130. The third kappa shape index (κ3) is 6.14. The highest BCUT2D eigenvalue weighted by Gasteiger charge is 1.96. The van der Waals surface area contributed by atoms with Gasteiger partial charge in [0.15, 0.2) is 0 Å². The lowest BCUT2D eigenvalue weighted by Crippen LogP contribution is -2.00. The van der Waals surface area contributed by atoms with Gasteiger partial charge in [0.2, 0.25) is 0 Å². The summed E-state index contributed by atoms with van der Waals surface area (Å²) < 4.78 is 5.74. The third-order valence-electron chi connectivity index (χ3n) is 3.67. The van der Waals surface area contributed by atoms with Crippen molar-refractivity contribution < 1.29 is 4.74 Å². The molecule has 112 valence electrons. The smallest absolute Gasteiger partial charge is 0.0469 e. The molecule has 0 aliphatic carbocycles. The van der Waals surface area contributed by atoms with Gasteiger partial charge in [-0.15, -0.1) is 0 Å². The number of hydrogen-bond acceptors (Lipinski definition) is 1. The molecule has 2 aromatic rings. The molecule has 0 saturated heterocycles. The standard InChI is InChI=1S/C20H26O/c1-17-7-3-9-19(15-17)11-5-13-21-14-6-12-20-10-4-8-18(2)16-20/h3-4,7-10,15-16H,5-6,11-14H2,1-2H3. The first-order valence-electron chi connectivity index (χ1n) is 7.93. The molecule has 0 heterocycles. The Bertz CT molecular complexity index is 496. The molecule has 1 heteroatoms. The van der Waals surface area contributed by atoms with Crippen LogP contribution in [0.4, 0.5) is 0 Å². The van der Waals surface area contributed by atoms with Gasteiger partial charge in [0.05, 0.1) is 0 Å². The highest BCUT2D eigenvalue weighted by Crippen LogP contribution is 2.08. The summed E-state index contributed by atoms with van der Waals surface area (Å²) in [5, 5.41) is 0. The lowest BCUT2D eigenvalue weighted by atomic mass is 10.1. The fourth-order valence-corrected chi connectivity index (χ4v) is 2.59. The first kappa shape index (κ1) is 15.8. The minimum atomic E-state index is 0.863. The molecule has 0 saturated carbocycles. The highest BCUT2D eigenvalue weighted by atomic mass is 16.5. The normalized spacial score (nSPS) is 10.8. The van der Waals surface area contributed by atoms with Crippen LogP contribution in [0.3, 0.4) is 0 Å². The van der Waals surface area contributed by atoms with E-state index in [0.29, 0.717) is 0 Å². The van der Waals surface area contributed by atoms with E-state index < -0.39 is 0 Å². The molecule has 0 bridgehead atoms. The van der Waals surface area contributed by atoms with Crippen LogP contribution >= 0.6 is 0 Å². The van der Waals surface area contributed by atoms with Crippen LogP contribution in [0.15, 0.2) is 48.5 Å². The number of ether oxygens (including phenoxy) is 1. The summed E-state index contributed by atoms with van der Waals surface area (Å²) in [4.78, 5) is 0. The summed E-state index contributed by atoms with van der Waals surface area (Å²) in [6.07, 6.45) is 4.43. The van der Waals surface area contributed by atoms with E-state index >= 15 is 0 Å². The van der Waals surface area contributed by atoms with E-state index in [1.54, 1.807) is 0 Å². The molecular weight excluding hydrogens is 256 g/mol. The summed E-state index contributed by atoms with van der Waals surface area (Å²) in [7, 11) is 0. The number of rotatable bonds is 8. The lowest BCUT2D eigenvalue weighted by Gasteiger charge is -2.06. The zero-order valence-corrected chi connectivity index (χ0v) is 13.3. The van der Waals surface area contributed by atoms with Gasteiger partial charge in [0, 0.05) is 13.2 Å². The van der Waals surface area contributed by atoms with Crippen molar-refractivity contribution in [3.05, 3.63) is 70.8 Å². The Morgan fingerprint density at radius 3 is 1.62 bits per heavy atom. The van der Waals surface area contributed by atoms with Gasteiger partial charge in [-0.1, -0.05) is 59.7 Å². The average molecular weight is 282 g/mol. The van der Waals surface area contributed by atoms with Crippen LogP contribution in [0.2, 0.25) is 0 Å². The van der Waals surface area contributed by atoms with Crippen LogP contribution in [0.1, 0.15) is 35.1 Å². The zero-order valence-electron chi connectivity index (χ0n) is 13.3. The quantitative estimate of drug-likeness (QED) is 0.627. The van der Waals surface area contributed by atoms with Crippen molar-refractivity contribution in [3.8, 4) is 0 Å².